The molecule has 2 saturated heterocycles. The molecule has 0 bridgehead atoms. The van der Waals surface area contributed by atoms with Crippen molar-refractivity contribution < 1.29 is 4.79 Å². The fourth-order valence-electron chi connectivity index (χ4n) is 4.21. The van der Waals surface area contributed by atoms with Gasteiger partial charge in [-0.3, -0.25) is 9.69 Å². The molecule has 2 fully saturated rings. The van der Waals surface area contributed by atoms with Crippen molar-refractivity contribution in [2.45, 2.75) is 52.0 Å². The van der Waals surface area contributed by atoms with Crippen molar-refractivity contribution in [2.75, 3.05) is 31.5 Å². The number of nitrogens with one attached hydrogen (secondary N) is 2. The first-order chi connectivity index (χ1) is 11.7. The summed E-state index contributed by atoms with van der Waals surface area (Å²) in [5.74, 6) is 0.923. The number of likely N-dealkylation sites (tertiary alicyclic amines) is 1. The number of piperidine rings is 1. The zero-order chi connectivity index (χ0) is 16.9. The molecule has 2 aliphatic heterocycles. The summed E-state index contributed by atoms with van der Waals surface area (Å²) in [4.78, 5) is 14.8. The molecule has 4 nitrogen and oxygen atoms in total. The summed E-state index contributed by atoms with van der Waals surface area (Å²) >= 11 is 0. The zero-order valence-corrected chi connectivity index (χ0v) is 15.1. The van der Waals surface area contributed by atoms with Crippen molar-refractivity contribution >= 4 is 11.6 Å². The quantitative estimate of drug-likeness (QED) is 0.873. The molecular formula is C20H31N3O. The summed E-state index contributed by atoms with van der Waals surface area (Å²) in [5, 5.41) is 6.79. The third-order valence-corrected chi connectivity index (χ3v) is 5.67. The van der Waals surface area contributed by atoms with Crippen LogP contribution in [0.5, 0.6) is 0 Å². The number of hydrogen-bond donors (Lipinski definition) is 2. The van der Waals surface area contributed by atoms with Gasteiger partial charge < -0.3 is 10.6 Å². The Morgan fingerprint density at radius 2 is 2.08 bits per heavy atom. The van der Waals surface area contributed by atoms with E-state index in [0.717, 1.165) is 42.7 Å². The Morgan fingerprint density at radius 3 is 2.75 bits per heavy atom. The molecule has 24 heavy (non-hydrogen) atoms. The van der Waals surface area contributed by atoms with Crippen molar-refractivity contribution in [1.82, 2.24) is 10.2 Å². The molecule has 1 atom stereocenters. The molecule has 1 aromatic carbocycles. The van der Waals surface area contributed by atoms with Crippen molar-refractivity contribution in [3.63, 3.8) is 0 Å². The Labute approximate surface area is 146 Å². The van der Waals surface area contributed by atoms with E-state index in [1.54, 1.807) is 0 Å². The highest BCUT2D eigenvalue weighted by molar-refractivity contribution is 5.93. The minimum Gasteiger partial charge on any atom is -0.324 e. The molecule has 0 spiro atoms. The van der Waals surface area contributed by atoms with Gasteiger partial charge in [0.15, 0.2) is 0 Å². The second kappa shape index (κ2) is 8.13. The Morgan fingerprint density at radius 1 is 1.29 bits per heavy atom. The fraction of sp³-hybridized carbons (Fsp3) is 0.650. The van der Waals surface area contributed by atoms with Crippen LogP contribution >= 0.6 is 0 Å². The number of para-hydroxylation sites is 1. The average molecular weight is 329 g/mol. The molecular weight excluding hydrogens is 298 g/mol. The fourth-order valence-corrected chi connectivity index (χ4v) is 4.21. The minimum atomic E-state index is 0.122. The molecule has 132 valence electrons. The van der Waals surface area contributed by atoms with E-state index in [2.05, 4.69) is 47.6 Å². The smallest absolute Gasteiger partial charge is 0.238 e. The Hall–Kier alpha value is -1.39. The third-order valence-electron chi connectivity index (χ3n) is 5.67. The van der Waals surface area contributed by atoms with Gasteiger partial charge in [-0.25, -0.2) is 0 Å². The van der Waals surface area contributed by atoms with Gasteiger partial charge in [0.2, 0.25) is 5.91 Å². The van der Waals surface area contributed by atoms with E-state index in [0.29, 0.717) is 6.54 Å². The molecule has 0 aliphatic carbocycles. The van der Waals surface area contributed by atoms with Gasteiger partial charge in [0.1, 0.15) is 0 Å². The first-order valence-electron chi connectivity index (χ1n) is 9.51. The highest BCUT2D eigenvalue weighted by atomic mass is 16.2. The SMILES string of the molecule is CCc1cccc(C)c1NC(=O)CN1CCC(C2CCCN2)CC1. The van der Waals surface area contributed by atoms with Crippen LogP contribution < -0.4 is 10.6 Å². The lowest BCUT2D eigenvalue weighted by atomic mass is 9.88. The van der Waals surface area contributed by atoms with E-state index in [4.69, 9.17) is 0 Å². The van der Waals surface area contributed by atoms with Gasteiger partial charge >= 0.3 is 0 Å². The van der Waals surface area contributed by atoms with Crippen LogP contribution in [-0.4, -0.2) is 43.0 Å². The third kappa shape index (κ3) is 4.17. The van der Waals surface area contributed by atoms with E-state index in [-0.39, 0.29) is 5.91 Å². The summed E-state index contributed by atoms with van der Waals surface area (Å²) in [5.41, 5.74) is 3.37. The maximum absolute atomic E-state index is 12.5. The number of anilines is 1. The van der Waals surface area contributed by atoms with E-state index >= 15 is 0 Å². The molecule has 2 aliphatic rings. The van der Waals surface area contributed by atoms with E-state index in [1.165, 1.54) is 37.8 Å². The van der Waals surface area contributed by atoms with Crippen LogP contribution in [0.1, 0.15) is 43.7 Å². The van der Waals surface area contributed by atoms with Crippen LogP contribution in [0.3, 0.4) is 0 Å². The lowest BCUT2D eigenvalue weighted by Crippen LogP contribution is -2.43. The van der Waals surface area contributed by atoms with Crippen molar-refractivity contribution in [3.05, 3.63) is 29.3 Å². The molecule has 2 heterocycles. The summed E-state index contributed by atoms with van der Waals surface area (Å²) in [6.45, 7) is 7.99. The minimum absolute atomic E-state index is 0.122. The standard InChI is InChI=1S/C20H31N3O/c1-3-16-7-4-6-15(2)20(16)22-19(24)14-23-12-9-17(10-13-23)18-8-5-11-21-18/h4,6-7,17-18,21H,3,5,8-14H2,1-2H3,(H,22,24). The molecule has 0 radical (unpaired) electrons. The molecule has 1 aromatic rings. The van der Waals surface area contributed by atoms with Gasteiger partial charge in [-0.15, -0.1) is 0 Å². The largest absolute Gasteiger partial charge is 0.324 e. The van der Waals surface area contributed by atoms with Crippen LogP contribution in [0, 0.1) is 12.8 Å². The second-order valence-electron chi connectivity index (χ2n) is 7.33. The van der Waals surface area contributed by atoms with Crippen LogP contribution in [0.4, 0.5) is 5.69 Å². The highest BCUT2D eigenvalue weighted by Crippen LogP contribution is 2.26. The number of carbonyl (C=O) groups excluding carboxylic acids is 1. The predicted molar refractivity (Wildman–Crippen MR) is 99.4 cm³/mol. The van der Waals surface area contributed by atoms with Crippen LogP contribution in [-0.2, 0) is 11.2 Å². The van der Waals surface area contributed by atoms with Gasteiger partial charge in [0.25, 0.3) is 0 Å². The topological polar surface area (TPSA) is 44.4 Å². The summed E-state index contributed by atoms with van der Waals surface area (Å²) < 4.78 is 0. The highest BCUT2D eigenvalue weighted by Gasteiger charge is 2.28. The van der Waals surface area contributed by atoms with Crippen molar-refractivity contribution in [2.24, 2.45) is 5.92 Å². The van der Waals surface area contributed by atoms with Crippen LogP contribution in [0.25, 0.3) is 0 Å². The molecule has 2 N–H and O–H groups in total. The number of rotatable bonds is 5. The predicted octanol–water partition coefficient (Wildman–Crippen LogP) is 2.96. The Kier molecular flexibility index (Phi) is 5.90. The van der Waals surface area contributed by atoms with E-state index in [1.807, 2.05) is 0 Å². The number of benzene rings is 1. The van der Waals surface area contributed by atoms with Gasteiger partial charge in [-0.05, 0) is 75.7 Å². The van der Waals surface area contributed by atoms with Gasteiger partial charge in [0.05, 0.1) is 6.54 Å². The Bertz CT molecular complexity index is 558. The first kappa shape index (κ1) is 17.4. The lowest BCUT2D eigenvalue weighted by molar-refractivity contribution is -0.117. The summed E-state index contributed by atoms with van der Waals surface area (Å²) in [6, 6.07) is 6.95. The maximum Gasteiger partial charge on any atom is 0.238 e. The Balaban J connectivity index is 1.49. The lowest BCUT2D eigenvalue weighted by Gasteiger charge is -2.34. The monoisotopic (exact) mass is 329 g/mol. The van der Waals surface area contributed by atoms with Gasteiger partial charge in [-0.1, -0.05) is 25.1 Å². The molecule has 0 aromatic heterocycles. The van der Waals surface area contributed by atoms with Crippen molar-refractivity contribution in [3.8, 4) is 0 Å². The maximum atomic E-state index is 12.5. The molecule has 1 amide bonds. The average Bonchev–Trinajstić information content (AvgIpc) is 3.12. The van der Waals surface area contributed by atoms with Crippen molar-refractivity contribution in [1.29, 1.82) is 0 Å². The molecule has 4 heteroatoms. The summed E-state index contributed by atoms with van der Waals surface area (Å²) in [7, 11) is 0. The molecule has 3 rings (SSSR count). The van der Waals surface area contributed by atoms with Gasteiger partial charge in [0, 0.05) is 11.7 Å². The number of amides is 1. The van der Waals surface area contributed by atoms with Crippen LogP contribution in [0.2, 0.25) is 0 Å². The number of aryl methyl sites for hydroxylation is 2. The first-order valence-corrected chi connectivity index (χ1v) is 9.51. The van der Waals surface area contributed by atoms with E-state index < -0.39 is 0 Å². The molecule has 0 saturated carbocycles. The second-order valence-corrected chi connectivity index (χ2v) is 7.33. The van der Waals surface area contributed by atoms with Crippen LogP contribution in [0.15, 0.2) is 18.2 Å². The summed E-state index contributed by atoms with van der Waals surface area (Å²) in [6.07, 6.45) is 6.03. The van der Waals surface area contributed by atoms with E-state index in [9.17, 15) is 4.79 Å². The number of hydrogen-bond acceptors (Lipinski definition) is 3. The zero-order valence-electron chi connectivity index (χ0n) is 15.1. The van der Waals surface area contributed by atoms with Gasteiger partial charge in [-0.2, -0.15) is 0 Å². The number of nitrogens with zero attached hydrogens (tertiary/aromatic N) is 1. The normalized spacial score (nSPS) is 22.7. The molecule has 1 unspecified atom stereocenters. The number of carbonyl (C=O) groups is 1.